The van der Waals surface area contributed by atoms with Gasteiger partial charge in [0.1, 0.15) is 5.82 Å². The fraction of sp³-hybridized carbons (Fsp3) is 0.429. The summed E-state index contributed by atoms with van der Waals surface area (Å²) in [6.45, 7) is 2.12. The van der Waals surface area contributed by atoms with E-state index >= 15 is 0 Å². The Labute approximate surface area is 117 Å². The summed E-state index contributed by atoms with van der Waals surface area (Å²) in [5.74, 6) is -1.23. The van der Waals surface area contributed by atoms with Crippen LogP contribution >= 0.6 is 0 Å². The lowest BCUT2D eigenvalue weighted by Crippen LogP contribution is -2.39. The van der Waals surface area contributed by atoms with E-state index in [0.717, 1.165) is 0 Å². The van der Waals surface area contributed by atoms with E-state index in [-0.39, 0.29) is 24.3 Å². The van der Waals surface area contributed by atoms with Gasteiger partial charge in [-0.2, -0.15) is 0 Å². The number of hydrogen-bond acceptors (Lipinski definition) is 2. The van der Waals surface area contributed by atoms with E-state index in [4.69, 9.17) is 5.11 Å². The summed E-state index contributed by atoms with van der Waals surface area (Å²) in [6, 6.07) is 5.40. The van der Waals surface area contributed by atoms with Crippen molar-refractivity contribution < 1.29 is 19.1 Å². The van der Waals surface area contributed by atoms with E-state index in [2.05, 4.69) is 5.32 Å². The average molecular weight is 282 g/mol. The molecule has 0 saturated heterocycles. The highest BCUT2D eigenvalue weighted by Gasteiger charge is 2.13. The minimum Gasteiger partial charge on any atom is -0.481 e. The smallest absolute Gasteiger partial charge is 0.317 e. The normalized spacial score (nSPS) is 11.8. The van der Waals surface area contributed by atoms with E-state index < -0.39 is 5.97 Å². The Hall–Kier alpha value is -2.11. The Kier molecular flexibility index (Phi) is 5.96. The first-order valence-corrected chi connectivity index (χ1v) is 6.39. The van der Waals surface area contributed by atoms with Gasteiger partial charge in [-0.25, -0.2) is 9.18 Å². The number of benzene rings is 1. The van der Waals surface area contributed by atoms with Gasteiger partial charge in [-0.3, -0.25) is 4.79 Å². The van der Waals surface area contributed by atoms with Gasteiger partial charge in [-0.15, -0.1) is 0 Å². The Morgan fingerprint density at radius 2 is 2.15 bits per heavy atom. The molecule has 0 spiro atoms. The van der Waals surface area contributed by atoms with E-state index in [9.17, 15) is 14.0 Å². The molecule has 0 heterocycles. The van der Waals surface area contributed by atoms with Gasteiger partial charge in [0.15, 0.2) is 0 Å². The molecule has 1 rings (SSSR count). The van der Waals surface area contributed by atoms with Crippen LogP contribution in [0.3, 0.4) is 0 Å². The first-order chi connectivity index (χ1) is 9.40. The van der Waals surface area contributed by atoms with Gasteiger partial charge in [0.25, 0.3) is 0 Å². The first kappa shape index (κ1) is 15.9. The van der Waals surface area contributed by atoms with Gasteiger partial charge in [-0.1, -0.05) is 12.1 Å². The summed E-state index contributed by atoms with van der Waals surface area (Å²) < 4.78 is 13.1. The van der Waals surface area contributed by atoms with Gasteiger partial charge >= 0.3 is 12.0 Å². The first-order valence-electron chi connectivity index (χ1n) is 6.39. The molecule has 0 aliphatic carbocycles. The number of carbonyl (C=O) groups is 2. The Morgan fingerprint density at radius 3 is 2.75 bits per heavy atom. The quantitative estimate of drug-likeness (QED) is 0.841. The number of aliphatic carboxylic acids is 1. The highest BCUT2D eigenvalue weighted by molar-refractivity contribution is 5.74. The molecule has 20 heavy (non-hydrogen) atoms. The number of rotatable bonds is 6. The molecule has 0 fully saturated rings. The van der Waals surface area contributed by atoms with E-state index in [1.54, 1.807) is 26.1 Å². The maximum atomic E-state index is 13.1. The molecule has 0 aliphatic rings. The van der Waals surface area contributed by atoms with Crippen LogP contribution in [0.4, 0.5) is 9.18 Å². The SMILES string of the molecule is CC(NC(=O)N(C)CCCC(=O)O)c1cccc(F)c1. The third kappa shape index (κ3) is 5.26. The number of nitrogens with one attached hydrogen (secondary N) is 1. The third-order valence-corrected chi connectivity index (χ3v) is 2.92. The molecular weight excluding hydrogens is 263 g/mol. The van der Waals surface area contributed by atoms with Gasteiger partial charge in [0.05, 0.1) is 6.04 Å². The fourth-order valence-corrected chi connectivity index (χ4v) is 1.72. The molecule has 1 aromatic carbocycles. The predicted octanol–water partition coefficient (Wildman–Crippen LogP) is 2.39. The zero-order valence-electron chi connectivity index (χ0n) is 11.6. The van der Waals surface area contributed by atoms with Crippen molar-refractivity contribution in [3.8, 4) is 0 Å². The summed E-state index contributed by atoms with van der Waals surface area (Å²) in [5, 5.41) is 11.3. The van der Waals surface area contributed by atoms with Crippen LogP contribution in [-0.4, -0.2) is 35.6 Å². The number of urea groups is 1. The zero-order valence-corrected chi connectivity index (χ0v) is 11.6. The van der Waals surface area contributed by atoms with Crippen molar-refractivity contribution in [1.82, 2.24) is 10.2 Å². The molecule has 110 valence electrons. The maximum Gasteiger partial charge on any atom is 0.317 e. The summed E-state index contributed by atoms with van der Waals surface area (Å²) in [7, 11) is 1.59. The fourth-order valence-electron chi connectivity index (χ4n) is 1.72. The molecule has 0 aliphatic heterocycles. The number of hydrogen-bond donors (Lipinski definition) is 2. The van der Waals surface area contributed by atoms with Crippen LogP contribution in [0.1, 0.15) is 31.4 Å². The molecule has 0 radical (unpaired) electrons. The zero-order chi connectivity index (χ0) is 15.1. The molecule has 1 atom stereocenters. The lowest BCUT2D eigenvalue weighted by atomic mass is 10.1. The molecule has 6 heteroatoms. The standard InChI is InChI=1S/C14H19FN2O3/c1-10(11-5-3-6-12(15)9-11)16-14(20)17(2)8-4-7-13(18)19/h3,5-6,9-10H,4,7-8H2,1-2H3,(H,16,20)(H,18,19). The number of nitrogens with zero attached hydrogens (tertiary/aromatic N) is 1. The minimum atomic E-state index is -0.882. The van der Waals surface area contributed by atoms with E-state index in [1.807, 2.05) is 0 Å². The lowest BCUT2D eigenvalue weighted by molar-refractivity contribution is -0.137. The van der Waals surface area contributed by atoms with Gasteiger partial charge < -0.3 is 15.3 Å². The monoisotopic (exact) mass is 282 g/mol. The molecule has 1 aromatic rings. The number of halogens is 1. The van der Waals surface area contributed by atoms with Crippen LogP contribution in [0.2, 0.25) is 0 Å². The van der Waals surface area contributed by atoms with Gasteiger partial charge in [-0.05, 0) is 31.0 Å². The molecule has 0 aromatic heterocycles. The van der Waals surface area contributed by atoms with Gasteiger partial charge in [0, 0.05) is 20.0 Å². The van der Waals surface area contributed by atoms with Crippen molar-refractivity contribution in [2.24, 2.45) is 0 Å². The summed E-state index contributed by atoms with van der Waals surface area (Å²) >= 11 is 0. The molecule has 0 saturated carbocycles. The summed E-state index contributed by atoms with van der Waals surface area (Å²) in [4.78, 5) is 23.7. The van der Waals surface area contributed by atoms with Crippen LogP contribution < -0.4 is 5.32 Å². The van der Waals surface area contributed by atoms with Crippen molar-refractivity contribution in [3.05, 3.63) is 35.6 Å². The molecule has 2 amide bonds. The Balaban J connectivity index is 2.46. The van der Waals surface area contributed by atoms with Crippen LogP contribution in [0.5, 0.6) is 0 Å². The molecule has 2 N–H and O–H groups in total. The summed E-state index contributed by atoms with van der Waals surface area (Å²) in [6.07, 6.45) is 0.421. The van der Waals surface area contributed by atoms with Crippen LogP contribution in [-0.2, 0) is 4.79 Å². The minimum absolute atomic E-state index is 0.0249. The highest BCUT2D eigenvalue weighted by atomic mass is 19.1. The second kappa shape index (κ2) is 7.47. The van der Waals surface area contributed by atoms with Crippen molar-refractivity contribution in [3.63, 3.8) is 0 Å². The van der Waals surface area contributed by atoms with E-state index in [1.165, 1.54) is 17.0 Å². The third-order valence-electron chi connectivity index (χ3n) is 2.92. The average Bonchev–Trinajstić information content (AvgIpc) is 2.38. The topological polar surface area (TPSA) is 69.6 Å². The second-order valence-electron chi connectivity index (χ2n) is 4.65. The largest absolute Gasteiger partial charge is 0.481 e. The number of amides is 2. The Bertz CT molecular complexity index is 479. The number of carbonyl (C=O) groups excluding carboxylic acids is 1. The summed E-state index contributed by atoms with van der Waals surface area (Å²) in [5.41, 5.74) is 0.678. The van der Waals surface area contributed by atoms with Crippen molar-refractivity contribution >= 4 is 12.0 Å². The van der Waals surface area contributed by atoms with Crippen LogP contribution in [0.15, 0.2) is 24.3 Å². The maximum absolute atomic E-state index is 13.1. The second-order valence-corrected chi connectivity index (χ2v) is 4.65. The van der Waals surface area contributed by atoms with Crippen LogP contribution in [0.25, 0.3) is 0 Å². The van der Waals surface area contributed by atoms with Gasteiger partial charge in [0.2, 0.25) is 0 Å². The Morgan fingerprint density at radius 1 is 1.45 bits per heavy atom. The number of carboxylic acids is 1. The highest BCUT2D eigenvalue weighted by Crippen LogP contribution is 2.13. The van der Waals surface area contributed by atoms with Crippen molar-refractivity contribution in [2.75, 3.05) is 13.6 Å². The molecular formula is C14H19FN2O3. The number of carboxylic acid groups (broad SMARTS) is 1. The predicted molar refractivity (Wildman–Crippen MR) is 72.8 cm³/mol. The van der Waals surface area contributed by atoms with Crippen LogP contribution in [0, 0.1) is 5.82 Å². The molecule has 5 nitrogen and oxygen atoms in total. The van der Waals surface area contributed by atoms with Crippen molar-refractivity contribution in [1.29, 1.82) is 0 Å². The van der Waals surface area contributed by atoms with E-state index in [0.29, 0.717) is 18.5 Å². The molecule has 1 unspecified atom stereocenters. The van der Waals surface area contributed by atoms with Crippen molar-refractivity contribution in [2.45, 2.75) is 25.8 Å². The molecule has 0 bridgehead atoms. The lowest BCUT2D eigenvalue weighted by Gasteiger charge is -2.21.